The summed E-state index contributed by atoms with van der Waals surface area (Å²) in [5.74, 6) is 0.144. The van der Waals surface area contributed by atoms with Crippen LogP contribution in [0, 0.1) is 5.92 Å². The van der Waals surface area contributed by atoms with E-state index in [9.17, 15) is 13.2 Å². The predicted octanol–water partition coefficient (Wildman–Crippen LogP) is 1.34. The topological polar surface area (TPSA) is 89.3 Å². The number of carbonyl (C=O) groups is 1. The highest BCUT2D eigenvalue weighted by atomic mass is 32.2. The number of sulfone groups is 1. The van der Waals surface area contributed by atoms with E-state index in [1.165, 1.54) is 30.7 Å². The molecule has 1 amide bonds. The number of nitrogens with one attached hydrogen (secondary N) is 1. The van der Waals surface area contributed by atoms with Gasteiger partial charge in [-0.15, -0.1) is 0 Å². The fourth-order valence-electron chi connectivity index (χ4n) is 2.67. The summed E-state index contributed by atoms with van der Waals surface area (Å²) in [7, 11) is -3.23. The van der Waals surface area contributed by atoms with E-state index in [1.54, 1.807) is 0 Å². The molecular weight excluding hydrogens is 288 g/mol. The van der Waals surface area contributed by atoms with E-state index in [0.29, 0.717) is 18.0 Å². The summed E-state index contributed by atoms with van der Waals surface area (Å²) in [6.45, 7) is 0.577. The molecule has 0 saturated heterocycles. The maximum atomic E-state index is 12.1. The zero-order valence-electron chi connectivity index (χ0n) is 12.2. The van der Waals surface area contributed by atoms with Gasteiger partial charge in [0, 0.05) is 24.4 Å². The van der Waals surface area contributed by atoms with Crippen molar-refractivity contribution >= 4 is 15.7 Å². The summed E-state index contributed by atoms with van der Waals surface area (Å²) in [6, 6.07) is 6.14. The minimum atomic E-state index is -3.23. The Bertz CT molecular complexity index is 596. The molecule has 1 aromatic carbocycles. The Morgan fingerprint density at radius 2 is 1.86 bits per heavy atom. The first-order valence-corrected chi connectivity index (χ1v) is 9.11. The van der Waals surface area contributed by atoms with Crippen LogP contribution in [0.4, 0.5) is 0 Å². The number of carbonyl (C=O) groups excluding carboxylic acids is 1. The van der Waals surface area contributed by atoms with Crippen molar-refractivity contribution in [3.8, 4) is 0 Å². The fourth-order valence-corrected chi connectivity index (χ4v) is 3.30. The number of rotatable bonds is 4. The van der Waals surface area contributed by atoms with Crippen LogP contribution in [-0.4, -0.2) is 33.2 Å². The Labute approximate surface area is 125 Å². The van der Waals surface area contributed by atoms with Gasteiger partial charge in [0.05, 0.1) is 4.90 Å². The normalized spacial score (nSPS) is 22.8. The zero-order chi connectivity index (χ0) is 15.5. The molecule has 0 bridgehead atoms. The van der Waals surface area contributed by atoms with E-state index < -0.39 is 9.84 Å². The quantitative estimate of drug-likeness (QED) is 0.878. The Hall–Kier alpha value is -1.40. The van der Waals surface area contributed by atoms with Crippen molar-refractivity contribution in [2.75, 3.05) is 12.8 Å². The summed E-state index contributed by atoms with van der Waals surface area (Å²) in [5, 5.41) is 2.89. The molecule has 2 unspecified atom stereocenters. The van der Waals surface area contributed by atoms with E-state index >= 15 is 0 Å². The van der Waals surface area contributed by atoms with E-state index in [4.69, 9.17) is 5.73 Å². The third-order valence-electron chi connectivity index (χ3n) is 4.04. The van der Waals surface area contributed by atoms with Gasteiger partial charge < -0.3 is 11.1 Å². The van der Waals surface area contributed by atoms with E-state index in [2.05, 4.69) is 5.32 Å². The molecule has 2 atom stereocenters. The molecular formula is C15H22N2O3S. The molecule has 116 valence electrons. The van der Waals surface area contributed by atoms with Crippen molar-refractivity contribution in [1.82, 2.24) is 5.32 Å². The van der Waals surface area contributed by atoms with Gasteiger partial charge in [0.15, 0.2) is 9.84 Å². The smallest absolute Gasteiger partial charge is 0.251 e. The average Bonchev–Trinajstić information content (AvgIpc) is 2.45. The number of amides is 1. The van der Waals surface area contributed by atoms with Gasteiger partial charge in [0.1, 0.15) is 0 Å². The summed E-state index contributed by atoms with van der Waals surface area (Å²) < 4.78 is 22.7. The molecule has 3 N–H and O–H groups in total. The molecule has 0 radical (unpaired) electrons. The molecule has 0 aromatic heterocycles. The van der Waals surface area contributed by atoms with Crippen molar-refractivity contribution in [3.63, 3.8) is 0 Å². The average molecular weight is 310 g/mol. The van der Waals surface area contributed by atoms with E-state index in [0.717, 1.165) is 25.5 Å². The lowest BCUT2D eigenvalue weighted by molar-refractivity contribution is 0.0941. The second kappa shape index (κ2) is 6.58. The SMILES string of the molecule is CS(=O)(=O)c1ccc(C(=O)NCC2CCCCC2N)cc1. The first kappa shape index (κ1) is 16.0. The minimum absolute atomic E-state index is 0.159. The van der Waals surface area contributed by atoms with E-state index in [1.807, 2.05) is 0 Å². The molecule has 1 saturated carbocycles. The Balaban J connectivity index is 1.94. The van der Waals surface area contributed by atoms with Gasteiger partial charge in [0.25, 0.3) is 5.91 Å². The third-order valence-corrected chi connectivity index (χ3v) is 5.17. The highest BCUT2D eigenvalue weighted by molar-refractivity contribution is 7.90. The van der Waals surface area contributed by atoms with Crippen LogP contribution in [0.25, 0.3) is 0 Å². The van der Waals surface area contributed by atoms with Crippen LogP contribution in [0.15, 0.2) is 29.2 Å². The molecule has 1 aliphatic rings. The number of hydrogen-bond donors (Lipinski definition) is 2. The molecule has 0 spiro atoms. The largest absolute Gasteiger partial charge is 0.352 e. The van der Waals surface area contributed by atoms with Crippen LogP contribution in [0.2, 0.25) is 0 Å². The highest BCUT2D eigenvalue weighted by Gasteiger charge is 2.22. The zero-order valence-corrected chi connectivity index (χ0v) is 13.0. The Morgan fingerprint density at radius 3 is 2.43 bits per heavy atom. The lowest BCUT2D eigenvalue weighted by atomic mass is 9.85. The summed E-state index contributed by atoms with van der Waals surface area (Å²) in [5.41, 5.74) is 6.52. The second-order valence-corrected chi connectivity index (χ2v) is 7.73. The first-order valence-electron chi connectivity index (χ1n) is 7.22. The molecule has 6 heteroatoms. The monoisotopic (exact) mass is 310 g/mol. The highest BCUT2D eigenvalue weighted by Crippen LogP contribution is 2.22. The van der Waals surface area contributed by atoms with Crippen LogP contribution >= 0.6 is 0 Å². The van der Waals surface area contributed by atoms with Crippen LogP contribution < -0.4 is 11.1 Å². The van der Waals surface area contributed by atoms with Crippen molar-refractivity contribution in [1.29, 1.82) is 0 Å². The van der Waals surface area contributed by atoms with Crippen molar-refractivity contribution in [2.45, 2.75) is 36.6 Å². The maximum absolute atomic E-state index is 12.1. The van der Waals surface area contributed by atoms with Gasteiger partial charge in [0.2, 0.25) is 0 Å². The maximum Gasteiger partial charge on any atom is 0.251 e. The van der Waals surface area contributed by atoms with Crippen molar-refractivity contribution < 1.29 is 13.2 Å². The predicted molar refractivity (Wildman–Crippen MR) is 81.8 cm³/mol. The van der Waals surface area contributed by atoms with Crippen LogP contribution in [-0.2, 0) is 9.84 Å². The van der Waals surface area contributed by atoms with E-state index in [-0.39, 0.29) is 16.8 Å². The molecule has 5 nitrogen and oxygen atoms in total. The third kappa shape index (κ3) is 4.28. The standard InChI is InChI=1S/C15H22N2O3S/c1-21(19,20)13-8-6-11(7-9-13)15(18)17-10-12-4-2-3-5-14(12)16/h6-9,12,14H,2-5,10,16H2,1H3,(H,17,18). The molecule has 1 aliphatic carbocycles. The number of nitrogens with two attached hydrogens (primary N) is 1. The van der Waals surface area contributed by atoms with Crippen LogP contribution in [0.5, 0.6) is 0 Å². The molecule has 0 aliphatic heterocycles. The van der Waals surface area contributed by atoms with Crippen LogP contribution in [0.3, 0.4) is 0 Å². The van der Waals surface area contributed by atoms with Gasteiger partial charge in [-0.3, -0.25) is 4.79 Å². The molecule has 1 fully saturated rings. The van der Waals surface area contributed by atoms with Crippen molar-refractivity contribution in [2.24, 2.45) is 11.7 Å². The summed E-state index contributed by atoms with van der Waals surface area (Å²) in [6.07, 6.45) is 5.54. The van der Waals surface area contributed by atoms with Crippen molar-refractivity contribution in [3.05, 3.63) is 29.8 Å². The minimum Gasteiger partial charge on any atom is -0.352 e. The number of benzene rings is 1. The van der Waals surface area contributed by atoms with Gasteiger partial charge in [-0.2, -0.15) is 0 Å². The first-order chi connectivity index (χ1) is 9.88. The van der Waals surface area contributed by atoms with Gasteiger partial charge >= 0.3 is 0 Å². The van der Waals surface area contributed by atoms with Gasteiger partial charge in [-0.25, -0.2) is 8.42 Å². The van der Waals surface area contributed by atoms with Gasteiger partial charge in [-0.1, -0.05) is 12.8 Å². The summed E-state index contributed by atoms with van der Waals surface area (Å²) >= 11 is 0. The molecule has 2 rings (SSSR count). The Kier molecular flexibility index (Phi) is 5.00. The molecule has 21 heavy (non-hydrogen) atoms. The van der Waals surface area contributed by atoms with Crippen LogP contribution in [0.1, 0.15) is 36.0 Å². The second-order valence-electron chi connectivity index (χ2n) is 5.71. The Morgan fingerprint density at radius 1 is 1.24 bits per heavy atom. The lowest BCUT2D eigenvalue weighted by Crippen LogP contribution is -2.41. The molecule has 1 aromatic rings. The van der Waals surface area contributed by atoms with Gasteiger partial charge in [-0.05, 0) is 43.0 Å². The number of hydrogen-bond acceptors (Lipinski definition) is 4. The molecule has 0 heterocycles. The fraction of sp³-hybridized carbons (Fsp3) is 0.533. The summed E-state index contributed by atoms with van der Waals surface area (Å²) in [4.78, 5) is 12.3. The lowest BCUT2D eigenvalue weighted by Gasteiger charge is -2.28.